The van der Waals surface area contributed by atoms with Crippen molar-refractivity contribution in [2.24, 2.45) is 5.92 Å². The summed E-state index contributed by atoms with van der Waals surface area (Å²) in [5.74, 6) is 0.407. The number of fused-ring (bicyclic) bond motifs is 1. The summed E-state index contributed by atoms with van der Waals surface area (Å²) in [6, 6.07) is 0. The summed E-state index contributed by atoms with van der Waals surface area (Å²) in [5, 5.41) is 6.68. The Balaban J connectivity index is 2.15. The zero-order valence-electron chi connectivity index (χ0n) is 10.7. The smallest absolute Gasteiger partial charge is 0.175 e. The predicted molar refractivity (Wildman–Crippen MR) is 74.2 cm³/mol. The Kier molecular flexibility index (Phi) is 5.21. The third kappa shape index (κ3) is 3.33. The van der Waals surface area contributed by atoms with Crippen LogP contribution in [0.3, 0.4) is 0 Å². The van der Waals surface area contributed by atoms with E-state index < -0.39 is 0 Å². The van der Waals surface area contributed by atoms with E-state index in [4.69, 9.17) is 4.74 Å². The summed E-state index contributed by atoms with van der Waals surface area (Å²) >= 11 is 3.31. The van der Waals surface area contributed by atoms with Gasteiger partial charge in [-0.2, -0.15) is 0 Å². The number of rotatable bonds is 0. The lowest BCUT2D eigenvalue weighted by Crippen LogP contribution is -2.32. The molecule has 1 aliphatic heterocycles. The van der Waals surface area contributed by atoms with E-state index in [0.29, 0.717) is 16.8 Å². The number of halogens is 2. The van der Waals surface area contributed by atoms with Crippen molar-refractivity contribution < 1.29 is 9.13 Å². The molecule has 0 saturated carbocycles. The summed E-state index contributed by atoms with van der Waals surface area (Å²) in [5.41, 5.74) is 1.06. The first-order valence-electron chi connectivity index (χ1n) is 6.49. The Morgan fingerprint density at radius 3 is 2.89 bits per heavy atom. The molecule has 1 fully saturated rings. The van der Waals surface area contributed by atoms with E-state index in [1.807, 2.05) is 6.92 Å². The molecule has 1 atom stereocenters. The molecule has 0 bridgehead atoms. The van der Waals surface area contributed by atoms with E-state index in [0.717, 1.165) is 44.6 Å². The van der Waals surface area contributed by atoms with E-state index in [-0.39, 0.29) is 11.7 Å². The number of ether oxygens (including phenoxy) is 1. The van der Waals surface area contributed by atoms with Gasteiger partial charge in [0.25, 0.3) is 0 Å². The lowest BCUT2D eigenvalue weighted by atomic mass is 9.92. The highest BCUT2D eigenvalue weighted by atomic mass is 79.9. The molecule has 0 aromatic carbocycles. The fourth-order valence-corrected chi connectivity index (χ4v) is 2.69. The predicted octanol–water partition coefficient (Wildman–Crippen LogP) is 2.46. The Hall–Kier alpha value is -0.390. The maximum Gasteiger partial charge on any atom is 0.175 e. The van der Waals surface area contributed by atoms with Gasteiger partial charge < -0.3 is 15.4 Å². The quantitative estimate of drug-likeness (QED) is 0.720. The van der Waals surface area contributed by atoms with E-state index in [9.17, 15) is 4.39 Å². The highest BCUT2D eigenvalue weighted by molar-refractivity contribution is 9.12. The topological polar surface area (TPSA) is 33.3 Å². The van der Waals surface area contributed by atoms with Gasteiger partial charge in [-0.25, -0.2) is 4.39 Å². The average Bonchev–Trinajstić information content (AvgIpc) is 2.41. The Morgan fingerprint density at radius 1 is 1.28 bits per heavy atom. The van der Waals surface area contributed by atoms with Gasteiger partial charge in [0.15, 0.2) is 5.83 Å². The van der Waals surface area contributed by atoms with E-state index >= 15 is 0 Å². The van der Waals surface area contributed by atoms with Crippen molar-refractivity contribution in [1.82, 2.24) is 10.6 Å². The van der Waals surface area contributed by atoms with Crippen molar-refractivity contribution in [3.05, 3.63) is 21.6 Å². The highest BCUT2D eigenvalue weighted by Crippen LogP contribution is 2.38. The van der Waals surface area contributed by atoms with Crippen molar-refractivity contribution in [2.75, 3.05) is 32.8 Å². The van der Waals surface area contributed by atoms with Crippen LogP contribution in [0.2, 0.25) is 0 Å². The van der Waals surface area contributed by atoms with Crippen LogP contribution >= 0.6 is 15.9 Å². The van der Waals surface area contributed by atoms with Gasteiger partial charge in [-0.15, -0.1) is 0 Å². The normalized spacial score (nSPS) is 27.4. The van der Waals surface area contributed by atoms with Gasteiger partial charge in [-0.05, 0) is 42.2 Å². The molecule has 0 radical (unpaired) electrons. The van der Waals surface area contributed by atoms with E-state index in [1.54, 1.807) is 0 Å². The molecule has 0 amide bonds. The molecule has 5 heteroatoms. The van der Waals surface area contributed by atoms with Gasteiger partial charge in [0.2, 0.25) is 0 Å². The van der Waals surface area contributed by atoms with Crippen molar-refractivity contribution in [3.8, 4) is 0 Å². The molecule has 0 aromatic rings. The standard InChI is InChI=1S/C13H20BrFN2O/c1-9-7-10-8-17-5-4-16-3-2-6-18-13(10)12(15)11(9)14/h10,16-17H,2-8H2,1H3. The van der Waals surface area contributed by atoms with E-state index in [2.05, 4.69) is 26.6 Å². The molecule has 1 heterocycles. The van der Waals surface area contributed by atoms with Crippen LogP contribution in [-0.2, 0) is 4.74 Å². The van der Waals surface area contributed by atoms with Crippen LogP contribution in [0.25, 0.3) is 0 Å². The zero-order valence-corrected chi connectivity index (χ0v) is 12.3. The molecule has 0 aromatic heterocycles. The molecule has 3 nitrogen and oxygen atoms in total. The van der Waals surface area contributed by atoms with E-state index in [1.165, 1.54) is 0 Å². The SMILES string of the molecule is CC1=C(Br)C(F)=C2OCCCNCCNCC2C1. The minimum Gasteiger partial charge on any atom is -0.494 e. The summed E-state index contributed by atoms with van der Waals surface area (Å²) in [4.78, 5) is 0. The van der Waals surface area contributed by atoms with Crippen LogP contribution in [0, 0.1) is 5.92 Å². The molecule has 2 N–H and O–H groups in total. The molecule has 2 aliphatic rings. The van der Waals surface area contributed by atoms with Gasteiger partial charge in [-0.3, -0.25) is 0 Å². The number of allylic oxidation sites excluding steroid dienone is 3. The van der Waals surface area contributed by atoms with Gasteiger partial charge in [0, 0.05) is 25.6 Å². The molecule has 1 aliphatic carbocycles. The first kappa shape index (κ1) is 14.0. The fourth-order valence-electron chi connectivity index (χ4n) is 2.33. The van der Waals surface area contributed by atoms with Crippen LogP contribution in [0.4, 0.5) is 4.39 Å². The number of hydrogen-bond acceptors (Lipinski definition) is 3. The first-order chi connectivity index (χ1) is 8.70. The molecule has 0 spiro atoms. The van der Waals surface area contributed by atoms with Gasteiger partial charge in [0.1, 0.15) is 5.76 Å². The largest absolute Gasteiger partial charge is 0.494 e. The molecular formula is C13H20BrFN2O. The summed E-state index contributed by atoms with van der Waals surface area (Å²) in [7, 11) is 0. The second-order valence-electron chi connectivity index (χ2n) is 4.83. The van der Waals surface area contributed by atoms with Crippen molar-refractivity contribution >= 4 is 15.9 Å². The maximum absolute atomic E-state index is 14.2. The third-order valence-electron chi connectivity index (χ3n) is 3.33. The number of nitrogens with one attached hydrogen (secondary N) is 2. The second-order valence-corrected chi connectivity index (χ2v) is 5.62. The van der Waals surface area contributed by atoms with Crippen molar-refractivity contribution in [1.29, 1.82) is 0 Å². The van der Waals surface area contributed by atoms with Crippen LogP contribution in [0.5, 0.6) is 0 Å². The molecular weight excluding hydrogens is 299 g/mol. The van der Waals surface area contributed by atoms with Crippen LogP contribution < -0.4 is 10.6 Å². The van der Waals surface area contributed by atoms with Crippen molar-refractivity contribution in [2.45, 2.75) is 19.8 Å². The Bertz CT molecular complexity index is 368. The highest BCUT2D eigenvalue weighted by Gasteiger charge is 2.28. The molecule has 1 unspecified atom stereocenters. The lowest BCUT2D eigenvalue weighted by Gasteiger charge is -2.26. The molecule has 2 rings (SSSR count). The first-order valence-corrected chi connectivity index (χ1v) is 7.29. The lowest BCUT2D eigenvalue weighted by molar-refractivity contribution is 0.161. The molecule has 18 heavy (non-hydrogen) atoms. The van der Waals surface area contributed by atoms with Gasteiger partial charge >= 0.3 is 0 Å². The summed E-state index contributed by atoms with van der Waals surface area (Å²) in [6.07, 6.45) is 1.76. The van der Waals surface area contributed by atoms with Crippen LogP contribution in [0.15, 0.2) is 21.6 Å². The minimum atomic E-state index is -0.224. The number of hydrogen-bond donors (Lipinski definition) is 2. The Morgan fingerprint density at radius 2 is 2.06 bits per heavy atom. The monoisotopic (exact) mass is 318 g/mol. The third-order valence-corrected chi connectivity index (χ3v) is 4.36. The van der Waals surface area contributed by atoms with Gasteiger partial charge in [-0.1, -0.05) is 5.57 Å². The molecule has 1 saturated heterocycles. The second kappa shape index (κ2) is 6.68. The van der Waals surface area contributed by atoms with Crippen molar-refractivity contribution in [3.63, 3.8) is 0 Å². The summed E-state index contributed by atoms with van der Waals surface area (Å²) < 4.78 is 20.5. The van der Waals surface area contributed by atoms with Crippen LogP contribution in [0.1, 0.15) is 19.8 Å². The Labute approximate surface area is 116 Å². The van der Waals surface area contributed by atoms with Gasteiger partial charge in [0.05, 0.1) is 11.1 Å². The average molecular weight is 319 g/mol. The summed E-state index contributed by atoms with van der Waals surface area (Å²) in [6.45, 7) is 6.08. The van der Waals surface area contributed by atoms with Crippen LogP contribution in [-0.4, -0.2) is 32.8 Å². The maximum atomic E-state index is 14.2. The zero-order chi connectivity index (χ0) is 13.0. The minimum absolute atomic E-state index is 0.115. The fraction of sp³-hybridized carbons (Fsp3) is 0.692. The molecule has 102 valence electrons.